The topological polar surface area (TPSA) is 67.3 Å². The van der Waals surface area contributed by atoms with Crippen molar-refractivity contribution >= 4 is 50.8 Å². The van der Waals surface area contributed by atoms with Crippen molar-refractivity contribution in [1.82, 2.24) is 4.98 Å². The first kappa shape index (κ1) is 19.5. The van der Waals surface area contributed by atoms with Crippen LogP contribution in [0.25, 0.3) is 0 Å². The van der Waals surface area contributed by atoms with Crippen LogP contribution < -0.4 is 4.90 Å². The number of ketones is 2. The molecule has 0 N–H and O–H groups in total. The average Bonchev–Trinajstić information content (AvgIpc) is 2.99. The number of rotatable bonds is 4. The van der Waals surface area contributed by atoms with E-state index >= 15 is 0 Å². The minimum absolute atomic E-state index is 0.304. The number of pyridine rings is 1. The maximum atomic E-state index is 13.3. The van der Waals surface area contributed by atoms with Gasteiger partial charge >= 0.3 is 0 Å². The normalized spacial score (nSPS) is 18.9. The second-order valence-electron chi connectivity index (χ2n) is 6.58. The SMILES string of the molecule is O=C1C(=O)N(c2cc(Br)ccn2)C(c2ccccc2)C1C(=O)c1ccc(Cl)cc1. The number of benzene rings is 2. The van der Waals surface area contributed by atoms with Crippen molar-refractivity contribution in [3.8, 4) is 0 Å². The summed E-state index contributed by atoms with van der Waals surface area (Å²) in [6, 6.07) is 17.9. The van der Waals surface area contributed by atoms with Crippen LogP contribution in [-0.2, 0) is 9.59 Å². The Balaban J connectivity index is 1.85. The van der Waals surface area contributed by atoms with E-state index in [9.17, 15) is 14.4 Å². The molecule has 2 atom stereocenters. The molecule has 3 aromatic rings. The van der Waals surface area contributed by atoms with Crippen molar-refractivity contribution in [3.05, 3.63) is 93.5 Å². The molecule has 0 bridgehead atoms. The molecule has 1 amide bonds. The van der Waals surface area contributed by atoms with E-state index in [0.29, 0.717) is 26.4 Å². The highest BCUT2D eigenvalue weighted by Crippen LogP contribution is 2.41. The zero-order chi connectivity index (χ0) is 20.5. The molecule has 4 rings (SSSR count). The Morgan fingerprint density at radius 1 is 1.00 bits per heavy atom. The monoisotopic (exact) mass is 468 g/mol. The second kappa shape index (κ2) is 7.89. The molecule has 2 unspecified atom stereocenters. The maximum absolute atomic E-state index is 13.3. The lowest BCUT2D eigenvalue weighted by Gasteiger charge is -2.26. The first-order valence-corrected chi connectivity index (χ1v) is 9.98. The van der Waals surface area contributed by atoms with Crippen LogP contribution >= 0.6 is 27.5 Å². The van der Waals surface area contributed by atoms with Gasteiger partial charge in [0, 0.05) is 21.3 Å². The highest BCUT2D eigenvalue weighted by Gasteiger charge is 2.52. The Morgan fingerprint density at radius 3 is 2.34 bits per heavy atom. The quantitative estimate of drug-likeness (QED) is 0.317. The minimum atomic E-state index is -1.17. The van der Waals surface area contributed by atoms with Crippen molar-refractivity contribution in [2.45, 2.75) is 6.04 Å². The van der Waals surface area contributed by atoms with E-state index in [-0.39, 0.29) is 0 Å². The molecule has 0 spiro atoms. The van der Waals surface area contributed by atoms with Crippen LogP contribution in [-0.4, -0.2) is 22.5 Å². The number of aromatic nitrogens is 1. The van der Waals surface area contributed by atoms with Gasteiger partial charge in [-0.05, 0) is 42.0 Å². The van der Waals surface area contributed by atoms with Crippen LogP contribution in [0.15, 0.2) is 77.4 Å². The van der Waals surface area contributed by atoms with Gasteiger partial charge in [-0.15, -0.1) is 0 Å². The third-order valence-corrected chi connectivity index (χ3v) is 5.56. The molecule has 29 heavy (non-hydrogen) atoms. The van der Waals surface area contributed by atoms with E-state index in [1.54, 1.807) is 60.7 Å². The molecule has 0 aliphatic carbocycles. The molecule has 1 aliphatic rings. The molecule has 5 nitrogen and oxygen atoms in total. The summed E-state index contributed by atoms with van der Waals surface area (Å²) >= 11 is 9.28. The lowest BCUT2D eigenvalue weighted by atomic mass is 9.86. The summed E-state index contributed by atoms with van der Waals surface area (Å²) in [7, 11) is 0. The van der Waals surface area contributed by atoms with Crippen molar-refractivity contribution in [2.75, 3.05) is 4.90 Å². The Morgan fingerprint density at radius 2 is 1.69 bits per heavy atom. The lowest BCUT2D eigenvalue weighted by molar-refractivity contribution is -0.135. The number of nitrogens with zero attached hydrogens (tertiary/aromatic N) is 2. The van der Waals surface area contributed by atoms with Gasteiger partial charge in [-0.3, -0.25) is 19.3 Å². The van der Waals surface area contributed by atoms with Gasteiger partial charge in [-0.1, -0.05) is 57.9 Å². The summed E-state index contributed by atoms with van der Waals surface area (Å²) < 4.78 is 0.710. The molecule has 1 aliphatic heterocycles. The third-order valence-electron chi connectivity index (χ3n) is 4.81. The van der Waals surface area contributed by atoms with Gasteiger partial charge < -0.3 is 0 Å². The first-order valence-electron chi connectivity index (χ1n) is 8.81. The first-order chi connectivity index (χ1) is 14.0. The largest absolute Gasteiger partial charge is 0.297 e. The molecule has 1 saturated heterocycles. The number of hydrogen-bond acceptors (Lipinski definition) is 4. The van der Waals surface area contributed by atoms with Gasteiger partial charge in [-0.25, -0.2) is 4.98 Å². The fraction of sp³-hybridized carbons (Fsp3) is 0.0909. The summed E-state index contributed by atoms with van der Waals surface area (Å²) in [4.78, 5) is 44.7. The van der Waals surface area contributed by atoms with Crippen molar-refractivity contribution in [2.24, 2.45) is 5.92 Å². The number of hydrogen-bond donors (Lipinski definition) is 0. The van der Waals surface area contributed by atoms with E-state index in [1.165, 1.54) is 11.1 Å². The Labute approximate surface area is 180 Å². The molecule has 2 heterocycles. The van der Waals surface area contributed by atoms with Gasteiger partial charge in [0.2, 0.25) is 5.78 Å². The number of anilines is 1. The summed E-state index contributed by atoms with van der Waals surface area (Å²) in [6.07, 6.45) is 1.54. The molecule has 7 heteroatoms. The molecule has 1 fully saturated rings. The van der Waals surface area contributed by atoms with Gasteiger partial charge in [-0.2, -0.15) is 0 Å². The molecule has 0 radical (unpaired) electrons. The summed E-state index contributed by atoms with van der Waals surface area (Å²) in [5.74, 6) is -2.80. The van der Waals surface area contributed by atoms with Crippen LogP contribution in [0.2, 0.25) is 5.02 Å². The van der Waals surface area contributed by atoms with Crippen LogP contribution in [0.3, 0.4) is 0 Å². The smallest absolute Gasteiger partial charge is 0.293 e. The zero-order valence-electron chi connectivity index (χ0n) is 15.0. The second-order valence-corrected chi connectivity index (χ2v) is 7.93. The van der Waals surface area contributed by atoms with Gasteiger partial charge in [0.15, 0.2) is 5.78 Å². The number of halogens is 2. The predicted molar refractivity (Wildman–Crippen MR) is 113 cm³/mol. The molecule has 0 saturated carbocycles. The lowest BCUT2D eigenvalue weighted by Crippen LogP contribution is -2.31. The van der Waals surface area contributed by atoms with Gasteiger partial charge in [0.05, 0.1) is 6.04 Å². The van der Waals surface area contributed by atoms with E-state index < -0.39 is 29.4 Å². The number of carbonyl (C=O) groups excluding carboxylic acids is 3. The summed E-state index contributed by atoms with van der Waals surface area (Å²) in [5, 5.41) is 0.481. The highest BCUT2D eigenvalue weighted by atomic mass is 79.9. The van der Waals surface area contributed by atoms with Crippen molar-refractivity contribution in [3.63, 3.8) is 0 Å². The third kappa shape index (κ3) is 3.61. The van der Waals surface area contributed by atoms with Crippen molar-refractivity contribution in [1.29, 1.82) is 0 Å². The van der Waals surface area contributed by atoms with E-state index in [4.69, 9.17) is 11.6 Å². The van der Waals surface area contributed by atoms with Gasteiger partial charge in [0.1, 0.15) is 11.7 Å². The zero-order valence-corrected chi connectivity index (χ0v) is 17.3. The molecule has 144 valence electrons. The van der Waals surface area contributed by atoms with Crippen LogP contribution in [0.1, 0.15) is 22.0 Å². The number of carbonyl (C=O) groups is 3. The van der Waals surface area contributed by atoms with Crippen LogP contribution in [0, 0.1) is 5.92 Å². The molecular weight excluding hydrogens is 456 g/mol. The highest BCUT2D eigenvalue weighted by molar-refractivity contribution is 9.10. The van der Waals surface area contributed by atoms with Gasteiger partial charge in [0.25, 0.3) is 5.91 Å². The maximum Gasteiger partial charge on any atom is 0.297 e. The Hall–Kier alpha value is -2.83. The van der Waals surface area contributed by atoms with E-state index in [1.807, 2.05) is 6.07 Å². The Bertz CT molecular complexity index is 1100. The predicted octanol–water partition coefficient (Wildman–Crippen LogP) is 4.65. The summed E-state index contributed by atoms with van der Waals surface area (Å²) in [6.45, 7) is 0. The van der Waals surface area contributed by atoms with Crippen LogP contribution in [0.5, 0.6) is 0 Å². The van der Waals surface area contributed by atoms with E-state index in [2.05, 4.69) is 20.9 Å². The van der Waals surface area contributed by atoms with Crippen molar-refractivity contribution < 1.29 is 14.4 Å². The van der Waals surface area contributed by atoms with Crippen LogP contribution in [0.4, 0.5) is 5.82 Å². The fourth-order valence-electron chi connectivity index (χ4n) is 3.49. The number of amides is 1. The minimum Gasteiger partial charge on any atom is -0.293 e. The molecule has 1 aromatic heterocycles. The standard InChI is InChI=1S/C22H14BrClN2O3/c23-15-10-11-25-17(12-15)26-19(13-4-2-1-3-5-13)18(21(28)22(26)29)20(27)14-6-8-16(24)9-7-14/h1-12,18-19H. The summed E-state index contributed by atoms with van der Waals surface area (Å²) in [5.41, 5.74) is 1.01. The molecule has 2 aromatic carbocycles. The Kier molecular flexibility index (Phi) is 5.30. The number of Topliss-reactive ketones (excluding diaryl/α,β-unsaturated/α-hetero) is 2. The van der Waals surface area contributed by atoms with E-state index in [0.717, 1.165) is 0 Å². The average molecular weight is 470 g/mol. The fourth-order valence-corrected chi connectivity index (χ4v) is 3.94. The molecular formula is C22H14BrClN2O3.